The van der Waals surface area contributed by atoms with Crippen LogP contribution >= 0.6 is 11.6 Å². The van der Waals surface area contributed by atoms with Crippen molar-refractivity contribution in [3.63, 3.8) is 0 Å². The van der Waals surface area contributed by atoms with E-state index in [1.807, 2.05) is 0 Å². The third-order valence-electron chi connectivity index (χ3n) is 1.34. The summed E-state index contributed by atoms with van der Waals surface area (Å²) in [6.45, 7) is 3.52. The van der Waals surface area contributed by atoms with Crippen molar-refractivity contribution in [1.29, 1.82) is 0 Å². The van der Waals surface area contributed by atoms with Gasteiger partial charge in [-0.05, 0) is 13.8 Å². The summed E-state index contributed by atoms with van der Waals surface area (Å²) in [6, 6.07) is 2.32. The van der Waals surface area contributed by atoms with Gasteiger partial charge in [-0.15, -0.1) is 0 Å². The number of halogens is 2. The Hall–Kier alpha value is -0.960. The molecule has 13 heavy (non-hydrogen) atoms. The minimum absolute atomic E-state index is 0.0278. The lowest BCUT2D eigenvalue weighted by molar-refractivity contribution is 0.230. The Labute approximate surface area is 80.9 Å². The van der Waals surface area contributed by atoms with Gasteiger partial charge in [-0.25, -0.2) is 4.39 Å². The van der Waals surface area contributed by atoms with Crippen LogP contribution in [0.5, 0.6) is 11.5 Å². The molecule has 0 heterocycles. The van der Waals surface area contributed by atoms with Gasteiger partial charge in [0.05, 0.1) is 11.1 Å². The first-order chi connectivity index (χ1) is 6.00. The van der Waals surface area contributed by atoms with Gasteiger partial charge >= 0.3 is 0 Å². The molecule has 0 aliphatic heterocycles. The average molecular weight is 205 g/mol. The number of aromatic hydroxyl groups is 1. The van der Waals surface area contributed by atoms with Crippen LogP contribution in [0.15, 0.2) is 12.1 Å². The zero-order chi connectivity index (χ0) is 10.0. The van der Waals surface area contributed by atoms with E-state index < -0.39 is 5.82 Å². The maximum Gasteiger partial charge on any atom is 0.183 e. The van der Waals surface area contributed by atoms with E-state index in [9.17, 15) is 4.39 Å². The number of benzene rings is 1. The molecule has 0 aliphatic carbocycles. The summed E-state index contributed by atoms with van der Waals surface area (Å²) in [5, 5.41) is 8.96. The molecule has 0 saturated carbocycles. The van der Waals surface area contributed by atoms with Crippen molar-refractivity contribution < 1.29 is 14.2 Å². The van der Waals surface area contributed by atoms with Crippen molar-refractivity contribution in [2.75, 3.05) is 0 Å². The van der Waals surface area contributed by atoms with Gasteiger partial charge in [0.1, 0.15) is 5.75 Å². The smallest absolute Gasteiger partial charge is 0.183 e. The van der Waals surface area contributed by atoms with Crippen LogP contribution in [0.25, 0.3) is 0 Å². The van der Waals surface area contributed by atoms with Crippen molar-refractivity contribution in [3.8, 4) is 11.5 Å². The van der Waals surface area contributed by atoms with Gasteiger partial charge in [0.25, 0.3) is 0 Å². The van der Waals surface area contributed by atoms with Gasteiger partial charge < -0.3 is 9.84 Å². The minimum atomic E-state index is -0.645. The summed E-state index contributed by atoms with van der Waals surface area (Å²) in [7, 11) is 0. The highest BCUT2D eigenvalue weighted by molar-refractivity contribution is 6.31. The molecule has 4 heteroatoms. The van der Waals surface area contributed by atoms with E-state index in [4.69, 9.17) is 21.4 Å². The summed E-state index contributed by atoms with van der Waals surface area (Å²) < 4.78 is 18.3. The molecule has 0 unspecified atom stereocenters. The van der Waals surface area contributed by atoms with Crippen LogP contribution in [0.2, 0.25) is 5.02 Å². The van der Waals surface area contributed by atoms with Gasteiger partial charge in [-0.3, -0.25) is 0 Å². The fourth-order valence-electron chi connectivity index (χ4n) is 0.890. The fourth-order valence-corrected chi connectivity index (χ4v) is 1.09. The van der Waals surface area contributed by atoms with Crippen molar-refractivity contribution in [3.05, 3.63) is 23.0 Å². The van der Waals surface area contributed by atoms with E-state index in [1.165, 1.54) is 6.07 Å². The molecule has 0 saturated heterocycles. The van der Waals surface area contributed by atoms with Gasteiger partial charge in [0.2, 0.25) is 0 Å². The molecule has 2 nitrogen and oxygen atoms in total. The number of phenols is 1. The van der Waals surface area contributed by atoms with Gasteiger partial charge in [-0.2, -0.15) is 0 Å². The largest absolute Gasteiger partial charge is 0.508 e. The monoisotopic (exact) mass is 204 g/mol. The van der Waals surface area contributed by atoms with Crippen molar-refractivity contribution >= 4 is 11.6 Å². The van der Waals surface area contributed by atoms with Crippen molar-refractivity contribution in [2.45, 2.75) is 20.0 Å². The lowest BCUT2D eigenvalue weighted by atomic mass is 10.3. The molecule has 1 rings (SSSR count). The Morgan fingerprint density at radius 3 is 2.62 bits per heavy atom. The minimum Gasteiger partial charge on any atom is -0.508 e. The molecule has 1 aromatic rings. The number of phenolic OH excluding ortho intramolecular Hbond substituents is 1. The van der Waals surface area contributed by atoms with E-state index >= 15 is 0 Å². The second kappa shape index (κ2) is 3.83. The maximum absolute atomic E-state index is 13.2. The highest BCUT2D eigenvalue weighted by atomic mass is 35.5. The molecule has 0 fully saturated rings. The number of hydrogen-bond acceptors (Lipinski definition) is 2. The van der Waals surface area contributed by atoms with E-state index in [0.717, 1.165) is 6.07 Å². The molecule has 0 spiro atoms. The van der Waals surface area contributed by atoms with Crippen molar-refractivity contribution in [1.82, 2.24) is 0 Å². The summed E-state index contributed by atoms with van der Waals surface area (Å²) in [5.74, 6) is -0.782. The quantitative estimate of drug-likeness (QED) is 0.803. The Bertz CT molecular complexity index is 313. The summed E-state index contributed by atoms with van der Waals surface area (Å²) >= 11 is 5.49. The standard InChI is InChI=1S/C9H10ClFO2/c1-5(2)13-8-4-6(12)3-7(10)9(8)11/h3-5,12H,1-2H3. The van der Waals surface area contributed by atoms with E-state index in [0.29, 0.717) is 0 Å². The lowest BCUT2D eigenvalue weighted by Gasteiger charge is -2.11. The number of hydrogen-bond donors (Lipinski definition) is 1. The van der Waals surface area contributed by atoms with Gasteiger partial charge in [-0.1, -0.05) is 11.6 Å². The molecule has 0 aliphatic rings. The van der Waals surface area contributed by atoms with Crippen LogP contribution in [-0.2, 0) is 0 Å². The van der Waals surface area contributed by atoms with E-state index in [2.05, 4.69) is 0 Å². The van der Waals surface area contributed by atoms with Crippen LogP contribution in [-0.4, -0.2) is 11.2 Å². The zero-order valence-corrected chi connectivity index (χ0v) is 8.10. The van der Waals surface area contributed by atoms with Crippen LogP contribution in [0.4, 0.5) is 4.39 Å². The molecular weight excluding hydrogens is 195 g/mol. The maximum atomic E-state index is 13.2. The molecule has 1 N–H and O–H groups in total. The normalized spacial score (nSPS) is 10.5. The SMILES string of the molecule is CC(C)Oc1cc(O)cc(Cl)c1F. The Balaban J connectivity index is 3.05. The number of rotatable bonds is 2. The number of ether oxygens (including phenoxy) is 1. The molecule has 72 valence electrons. The van der Waals surface area contributed by atoms with Crippen LogP contribution < -0.4 is 4.74 Å². The second-order valence-electron chi connectivity index (χ2n) is 2.91. The van der Waals surface area contributed by atoms with Gasteiger partial charge in [0.15, 0.2) is 11.6 Å². The predicted molar refractivity (Wildman–Crippen MR) is 48.8 cm³/mol. The highest BCUT2D eigenvalue weighted by Gasteiger charge is 2.11. The molecule has 0 atom stereocenters. The summed E-state index contributed by atoms with van der Waals surface area (Å²) in [6.07, 6.45) is -0.160. The van der Waals surface area contributed by atoms with E-state index in [-0.39, 0.29) is 22.6 Å². The average Bonchev–Trinajstić information content (AvgIpc) is 1.98. The lowest BCUT2D eigenvalue weighted by Crippen LogP contribution is -2.06. The predicted octanol–water partition coefficient (Wildman–Crippen LogP) is 2.97. The highest BCUT2D eigenvalue weighted by Crippen LogP contribution is 2.30. The second-order valence-corrected chi connectivity index (χ2v) is 3.31. The molecule has 0 aromatic heterocycles. The van der Waals surface area contributed by atoms with Crippen LogP contribution in [0.3, 0.4) is 0 Å². The third-order valence-corrected chi connectivity index (χ3v) is 1.62. The molecular formula is C9H10ClFO2. The Morgan fingerprint density at radius 2 is 2.08 bits per heavy atom. The first kappa shape index (κ1) is 10.1. The summed E-state index contributed by atoms with van der Waals surface area (Å²) in [5.41, 5.74) is 0. The molecule has 1 aromatic carbocycles. The van der Waals surface area contributed by atoms with Crippen LogP contribution in [0, 0.1) is 5.82 Å². The first-order valence-corrected chi connectivity index (χ1v) is 4.23. The van der Waals surface area contributed by atoms with E-state index in [1.54, 1.807) is 13.8 Å². The Kier molecular flexibility index (Phi) is 2.98. The zero-order valence-electron chi connectivity index (χ0n) is 7.34. The first-order valence-electron chi connectivity index (χ1n) is 3.85. The van der Waals surface area contributed by atoms with Crippen molar-refractivity contribution in [2.24, 2.45) is 0 Å². The Morgan fingerprint density at radius 1 is 1.46 bits per heavy atom. The fraction of sp³-hybridized carbons (Fsp3) is 0.333. The van der Waals surface area contributed by atoms with Gasteiger partial charge in [0, 0.05) is 12.1 Å². The summed E-state index contributed by atoms with van der Waals surface area (Å²) in [4.78, 5) is 0. The molecule has 0 amide bonds. The topological polar surface area (TPSA) is 29.5 Å². The molecule has 0 radical (unpaired) electrons. The molecule has 0 bridgehead atoms. The third kappa shape index (κ3) is 2.49. The van der Waals surface area contributed by atoms with Crippen LogP contribution in [0.1, 0.15) is 13.8 Å².